The highest BCUT2D eigenvalue weighted by molar-refractivity contribution is 5.87. The number of aromatic nitrogens is 4. The second kappa shape index (κ2) is 3.73. The van der Waals surface area contributed by atoms with Crippen LogP contribution in [0.1, 0.15) is 37.0 Å². The van der Waals surface area contributed by atoms with E-state index in [2.05, 4.69) is 41.2 Å². The quantitative estimate of drug-likeness (QED) is 0.738. The summed E-state index contributed by atoms with van der Waals surface area (Å²) in [5.74, 6) is -1.02. The molecule has 0 amide bonds. The van der Waals surface area contributed by atoms with E-state index in [1.54, 1.807) is 6.20 Å². The number of H-pyrrole nitrogens is 2. The Balaban J connectivity index is 2.47. The number of aromatic amines is 2. The fourth-order valence-corrected chi connectivity index (χ4v) is 1.62. The first-order valence-corrected chi connectivity index (χ1v) is 5.22. The molecule has 0 aliphatic rings. The molecule has 0 saturated carbocycles. The van der Waals surface area contributed by atoms with Gasteiger partial charge in [0.2, 0.25) is 0 Å². The summed E-state index contributed by atoms with van der Waals surface area (Å²) >= 11 is 0. The predicted octanol–water partition coefficient (Wildman–Crippen LogP) is 1.80. The molecule has 6 nitrogen and oxygen atoms in total. The zero-order valence-corrected chi connectivity index (χ0v) is 9.90. The highest BCUT2D eigenvalue weighted by Gasteiger charge is 2.22. The van der Waals surface area contributed by atoms with E-state index in [9.17, 15) is 4.79 Å². The van der Waals surface area contributed by atoms with Gasteiger partial charge in [-0.2, -0.15) is 10.2 Å². The second-order valence-corrected chi connectivity index (χ2v) is 4.88. The molecule has 2 aromatic heterocycles. The Morgan fingerprint density at radius 2 is 2.06 bits per heavy atom. The van der Waals surface area contributed by atoms with E-state index in [-0.39, 0.29) is 11.1 Å². The van der Waals surface area contributed by atoms with Gasteiger partial charge in [-0.1, -0.05) is 20.8 Å². The first-order chi connectivity index (χ1) is 7.89. The summed E-state index contributed by atoms with van der Waals surface area (Å²) in [6.07, 6.45) is 1.66. The van der Waals surface area contributed by atoms with Gasteiger partial charge in [-0.25, -0.2) is 4.79 Å². The van der Waals surface area contributed by atoms with Gasteiger partial charge in [0.25, 0.3) is 0 Å². The highest BCUT2D eigenvalue weighted by Crippen LogP contribution is 2.30. The number of carbonyl (C=O) groups is 1. The maximum absolute atomic E-state index is 10.8. The molecular weight excluding hydrogens is 220 g/mol. The normalized spacial score (nSPS) is 11.7. The molecule has 17 heavy (non-hydrogen) atoms. The van der Waals surface area contributed by atoms with Crippen molar-refractivity contribution in [2.45, 2.75) is 26.2 Å². The van der Waals surface area contributed by atoms with E-state index in [1.807, 2.05) is 0 Å². The zero-order valence-electron chi connectivity index (χ0n) is 9.90. The second-order valence-electron chi connectivity index (χ2n) is 4.88. The number of nitrogens with one attached hydrogen (secondary N) is 2. The molecule has 0 bridgehead atoms. The standard InChI is InChI=1S/C11H14N4O2/c1-11(2,3)9-6(5-12-15-9)7-4-8(10(16)17)14-13-7/h4-5H,1-3H3,(H,12,15)(H,13,14)(H,16,17). The highest BCUT2D eigenvalue weighted by atomic mass is 16.4. The number of nitrogens with zero attached hydrogens (tertiary/aromatic N) is 2. The first kappa shape index (κ1) is 11.4. The molecule has 0 atom stereocenters. The Labute approximate surface area is 98.1 Å². The number of hydrogen-bond acceptors (Lipinski definition) is 3. The summed E-state index contributed by atoms with van der Waals surface area (Å²) in [5, 5.41) is 22.2. The number of carboxylic acid groups (broad SMARTS) is 1. The Morgan fingerprint density at radius 1 is 1.35 bits per heavy atom. The van der Waals surface area contributed by atoms with E-state index in [1.165, 1.54) is 6.07 Å². The number of aromatic carboxylic acids is 1. The fourth-order valence-electron chi connectivity index (χ4n) is 1.62. The lowest BCUT2D eigenvalue weighted by Crippen LogP contribution is -2.13. The summed E-state index contributed by atoms with van der Waals surface area (Å²) in [7, 11) is 0. The Kier molecular flexibility index (Phi) is 2.49. The van der Waals surface area contributed by atoms with E-state index < -0.39 is 5.97 Å². The lowest BCUT2D eigenvalue weighted by atomic mass is 9.89. The molecule has 90 valence electrons. The van der Waals surface area contributed by atoms with Gasteiger partial charge < -0.3 is 5.11 Å². The molecule has 2 heterocycles. The number of rotatable bonds is 2. The third-order valence-corrected chi connectivity index (χ3v) is 2.47. The average Bonchev–Trinajstić information content (AvgIpc) is 2.85. The smallest absolute Gasteiger partial charge is 0.353 e. The minimum atomic E-state index is -1.02. The first-order valence-electron chi connectivity index (χ1n) is 5.22. The topological polar surface area (TPSA) is 94.7 Å². The molecule has 0 unspecified atom stereocenters. The van der Waals surface area contributed by atoms with E-state index in [0.29, 0.717) is 5.69 Å². The van der Waals surface area contributed by atoms with Crippen molar-refractivity contribution in [3.8, 4) is 11.3 Å². The van der Waals surface area contributed by atoms with Crippen LogP contribution in [0.25, 0.3) is 11.3 Å². The van der Waals surface area contributed by atoms with Crippen LogP contribution < -0.4 is 0 Å². The van der Waals surface area contributed by atoms with Crippen LogP contribution in [-0.2, 0) is 5.41 Å². The molecule has 0 aliphatic heterocycles. The summed E-state index contributed by atoms with van der Waals surface area (Å²) < 4.78 is 0. The van der Waals surface area contributed by atoms with Crippen LogP contribution in [0.3, 0.4) is 0 Å². The Bertz CT molecular complexity index is 548. The summed E-state index contributed by atoms with van der Waals surface area (Å²) in [5.41, 5.74) is 2.30. The van der Waals surface area contributed by atoms with Crippen LogP contribution in [0.2, 0.25) is 0 Å². The Morgan fingerprint density at radius 3 is 2.59 bits per heavy atom. The van der Waals surface area contributed by atoms with Gasteiger partial charge in [-0.05, 0) is 6.07 Å². The van der Waals surface area contributed by atoms with E-state index in [0.717, 1.165) is 11.3 Å². The van der Waals surface area contributed by atoms with E-state index in [4.69, 9.17) is 5.11 Å². The van der Waals surface area contributed by atoms with Gasteiger partial charge in [0.05, 0.1) is 11.9 Å². The molecule has 0 aliphatic carbocycles. The lowest BCUT2D eigenvalue weighted by molar-refractivity contribution is 0.0690. The molecule has 0 radical (unpaired) electrons. The third kappa shape index (κ3) is 2.06. The largest absolute Gasteiger partial charge is 0.477 e. The van der Waals surface area contributed by atoms with Crippen molar-refractivity contribution in [2.75, 3.05) is 0 Å². The molecule has 0 fully saturated rings. The summed E-state index contributed by atoms with van der Waals surface area (Å²) in [6, 6.07) is 1.50. The van der Waals surface area contributed by atoms with Crippen molar-refractivity contribution in [1.29, 1.82) is 0 Å². The van der Waals surface area contributed by atoms with E-state index >= 15 is 0 Å². The van der Waals surface area contributed by atoms with Gasteiger partial charge in [-0.3, -0.25) is 10.2 Å². The van der Waals surface area contributed by atoms with Crippen LogP contribution >= 0.6 is 0 Å². The molecular formula is C11H14N4O2. The van der Waals surface area contributed by atoms with Crippen molar-refractivity contribution in [2.24, 2.45) is 0 Å². The number of carboxylic acids is 1. The van der Waals surface area contributed by atoms with Crippen molar-refractivity contribution in [3.63, 3.8) is 0 Å². The molecule has 2 rings (SSSR count). The van der Waals surface area contributed by atoms with Crippen LogP contribution in [0.4, 0.5) is 0 Å². The van der Waals surface area contributed by atoms with Gasteiger partial charge in [0.1, 0.15) is 5.69 Å². The number of hydrogen-bond donors (Lipinski definition) is 3. The monoisotopic (exact) mass is 234 g/mol. The van der Waals surface area contributed by atoms with Crippen LogP contribution in [-0.4, -0.2) is 31.5 Å². The summed E-state index contributed by atoms with van der Waals surface area (Å²) in [4.78, 5) is 10.8. The third-order valence-electron chi connectivity index (χ3n) is 2.47. The van der Waals surface area contributed by atoms with Crippen molar-refractivity contribution in [3.05, 3.63) is 23.7 Å². The average molecular weight is 234 g/mol. The lowest BCUT2D eigenvalue weighted by Gasteiger charge is -2.17. The SMILES string of the molecule is CC(C)(C)c1[nH]ncc1-c1cc(C(=O)O)[nH]n1. The van der Waals surface area contributed by atoms with Crippen molar-refractivity contribution >= 4 is 5.97 Å². The molecule has 0 spiro atoms. The van der Waals surface area contributed by atoms with Gasteiger partial charge in [0, 0.05) is 16.7 Å². The molecule has 0 saturated heterocycles. The van der Waals surface area contributed by atoms with Crippen molar-refractivity contribution < 1.29 is 9.90 Å². The summed E-state index contributed by atoms with van der Waals surface area (Å²) in [6.45, 7) is 6.15. The molecule has 2 aromatic rings. The predicted molar refractivity (Wildman–Crippen MR) is 61.8 cm³/mol. The minimum Gasteiger partial charge on any atom is -0.477 e. The zero-order chi connectivity index (χ0) is 12.6. The molecule has 6 heteroatoms. The van der Waals surface area contributed by atoms with Gasteiger partial charge >= 0.3 is 5.97 Å². The van der Waals surface area contributed by atoms with Gasteiger partial charge in [-0.15, -0.1) is 0 Å². The minimum absolute atomic E-state index is 0.0704. The molecule has 3 N–H and O–H groups in total. The van der Waals surface area contributed by atoms with Crippen LogP contribution in [0, 0.1) is 0 Å². The maximum Gasteiger partial charge on any atom is 0.353 e. The molecule has 0 aromatic carbocycles. The maximum atomic E-state index is 10.8. The Hall–Kier alpha value is -2.11. The fraction of sp³-hybridized carbons (Fsp3) is 0.364. The van der Waals surface area contributed by atoms with Crippen molar-refractivity contribution in [1.82, 2.24) is 20.4 Å². The van der Waals surface area contributed by atoms with Gasteiger partial charge in [0.15, 0.2) is 0 Å². The van der Waals surface area contributed by atoms with Crippen LogP contribution in [0.5, 0.6) is 0 Å². The van der Waals surface area contributed by atoms with Crippen LogP contribution in [0.15, 0.2) is 12.3 Å².